The van der Waals surface area contributed by atoms with Gasteiger partial charge in [-0.05, 0) is 36.4 Å². The van der Waals surface area contributed by atoms with E-state index in [0.717, 1.165) is 0 Å². The summed E-state index contributed by atoms with van der Waals surface area (Å²) < 4.78 is 0. The molecule has 0 saturated carbocycles. The highest BCUT2D eigenvalue weighted by atomic mass is 35.5. The Morgan fingerprint density at radius 3 is 2.53 bits per heavy atom. The van der Waals surface area contributed by atoms with Crippen LogP contribution < -0.4 is 21.5 Å². The Morgan fingerprint density at radius 2 is 1.80 bits per heavy atom. The van der Waals surface area contributed by atoms with Crippen LogP contribution in [0, 0.1) is 0 Å². The van der Waals surface area contributed by atoms with Gasteiger partial charge < -0.3 is 16.0 Å². The fourth-order valence-electron chi connectivity index (χ4n) is 3.11. The number of carbonyl (C=O) groups is 2. The summed E-state index contributed by atoms with van der Waals surface area (Å²) in [5, 5.41) is 9.07. The highest BCUT2D eigenvalue weighted by Gasteiger charge is 2.35. The number of hydrogen-bond donors (Lipinski definition) is 4. The summed E-state index contributed by atoms with van der Waals surface area (Å²) >= 11 is 12.0. The van der Waals surface area contributed by atoms with Gasteiger partial charge in [-0.2, -0.15) is 4.98 Å². The largest absolute Gasteiger partial charge is 0.326 e. The lowest BCUT2D eigenvalue weighted by molar-refractivity contribution is -0.123. The average molecular weight is 444 g/mol. The van der Waals surface area contributed by atoms with Crippen molar-refractivity contribution in [1.82, 2.24) is 9.97 Å². The molecule has 2 heterocycles. The van der Waals surface area contributed by atoms with Crippen LogP contribution in [0.5, 0.6) is 0 Å². The Morgan fingerprint density at radius 1 is 1.07 bits per heavy atom. The molecule has 4 N–H and O–H groups in total. The van der Waals surface area contributed by atoms with Crippen molar-refractivity contribution >= 4 is 58.2 Å². The second-order valence-corrected chi connectivity index (χ2v) is 7.43. The van der Waals surface area contributed by atoms with Crippen LogP contribution in [0.25, 0.3) is 0 Å². The molecule has 0 fully saturated rings. The van der Waals surface area contributed by atoms with E-state index in [4.69, 9.17) is 23.2 Å². The van der Waals surface area contributed by atoms with Gasteiger partial charge in [0.05, 0.1) is 22.2 Å². The molecule has 2 amide bonds. The summed E-state index contributed by atoms with van der Waals surface area (Å²) in [7, 11) is 0. The molecule has 4 rings (SSSR count). The predicted molar refractivity (Wildman–Crippen MR) is 116 cm³/mol. The molecule has 0 radical (unpaired) electrons. The van der Waals surface area contributed by atoms with Gasteiger partial charge in [-0.3, -0.25) is 19.4 Å². The Kier molecular flexibility index (Phi) is 5.43. The number of nitrogens with one attached hydrogen (secondary N) is 4. The Hall–Kier alpha value is -3.36. The first kappa shape index (κ1) is 19.9. The van der Waals surface area contributed by atoms with E-state index in [0.29, 0.717) is 21.4 Å². The molecule has 152 valence electrons. The molecule has 0 unspecified atom stereocenters. The molecule has 0 saturated heterocycles. The maximum atomic E-state index is 12.8. The second-order valence-electron chi connectivity index (χ2n) is 6.58. The minimum absolute atomic E-state index is 0.0331. The summed E-state index contributed by atoms with van der Waals surface area (Å²) in [6, 6.07) is 13.5. The van der Waals surface area contributed by atoms with Gasteiger partial charge in [0.1, 0.15) is 5.82 Å². The number of aromatic nitrogens is 2. The number of para-hydroxylation sites is 1. The zero-order valence-corrected chi connectivity index (χ0v) is 16.8. The van der Waals surface area contributed by atoms with Crippen LogP contribution >= 0.6 is 23.2 Å². The molecule has 3 aromatic rings. The number of fused-ring (bicyclic) bond motifs is 1. The summed E-state index contributed by atoms with van der Waals surface area (Å²) in [4.78, 5) is 44.6. The van der Waals surface area contributed by atoms with Crippen molar-refractivity contribution in [3.05, 3.63) is 74.5 Å². The Balaban J connectivity index is 1.64. The van der Waals surface area contributed by atoms with Crippen LogP contribution in [-0.2, 0) is 9.59 Å². The molecular formula is C20H15Cl2N5O3. The maximum absolute atomic E-state index is 12.8. The van der Waals surface area contributed by atoms with Crippen molar-refractivity contribution in [2.45, 2.75) is 12.3 Å². The minimum Gasteiger partial charge on any atom is -0.326 e. The van der Waals surface area contributed by atoms with E-state index in [-0.39, 0.29) is 23.8 Å². The van der Waals surface area contributed by atoms with E-state index in [2.05, 4.69) is 25.9 Å². The Labute approximate surface area is 180 Å². The summed E-state index contributed by atoms with van der Waals surface area (Å²) in [5.41, 5.74) is 0.580. The number of carbonyl (C=O) groups excluding carboxylic acids is 2. The Bertz CT molecular complexity index is 1190. The predicted octanol–water partition coefficient (Wildman–Crippen LogP) is 3.88. The number of nitrogens with zero attached hydrogens (tertiary/aromatic N) is 1. The van der Waals surface area contributed by atoms with Crippen LogP contribution in [0.1, 0.15) is 17.9 Å². The molecule has 30 heavy (non-hydrogen) atoms. The third-order valence-corrected chi connectivity index (χ3v) is 5.09. The van der Waals surface area contributed by atoms with Crippen molar-refractivity contribution in [2.24, 2.45) is 0 Å². The zero-order chi connectivity index (χ0) is 21.3. The third kappa shape index (κ3) is 4.14. The average Bonchev–Trinajstić information content (AvgIpc) is 2.70. The first-order valence-electron chi connectivity index (χ1n) is 8.93. The molecule has 10 heteroatoms. The highest BCUT2D eigenvalue weighted by molar-refractivity contribution is 6.33. The molecule has 0 spiro atoms. The summed E-state index contributed by atoms with van der Waals surface area (Å²) in [6.45, 7) is 0. The fraction of sp³-hybridized carbons (Fsp3) is 0.100. The van der Waals surface area contributed by atoms with Crippen molar-refractivity contribution in [1.29, 1.82) is 0 Å². The number of amides is 2. The van der Waals surface area contributed by atoms with Crippen molar-refractivity contribution in [2.75, 3.05) is 16.0 Å². The van der Waals surface area contributed by atoms with Gasteiger partial charge in [0.25, 0.3) is 5.56 Å². The topological polar surface area (TPSA) is 116 Å². The highest BCUT2D eigenvalue weighted by Crippen LogP contribution is 2.31. The van der Waals surface area contributed by atoms with E-state index < -0.39 is 23.3 Å². The molecule has 0 bridgehead atoms. The quantitative estimate of drug-likeness (QED) is 0.488. The second kappa shape index (κ2) is 8.17. The first-order valence-corrected chi connectivity index (χ1v) is 9.68. The number of anilines is 4. The van der Waals surface area contributed by atoms with E-state index in [1.807, 2.05) is 0 Å². The number of H-pyrrole nitrogens is 1. The van der Waals surface area contributed by atoms with Crippen LogP contribution in [-0.4, -0.2) is 21.8 Å². The summed E-state index contributed by atoms with van der Waals surface area (Å²) in [5.74, 6) is -1.80. The molecule has 2 aromatic carbocycles. The van der Waals surface area contributed by atoms with Gasteiger partial charge in [0, 0.05) is 17.1 Å². The van der Waals surface area contributed by atoms with Gasteiger partial charge >= 0.3 is 0 Å². The lowest BCUT2D eigenvalue weighted by Gasteiger charge is -2.23. The third-order valence-electron chi connectivity index (χ3n) is 4.51. The molecule has 1 aliphatic heterocycles. The monoisotopic (exact) mass is 443 g/mol. The van der Waals surface area contributed by atoms with Gasteiger partial charge in [-0.25, -0.2) is 0 Å². The number of aromatic amines is 1. The molecular weight excluding hydrogens is 429 g/mol. The van der Waals surface area contributed by atoms with Gasteiger partial charge in [0.2, 0.25) is 17.8 Å². The number of halogens is 2. The maximum Gasteiger partial charge on any atom is 0.258 e. The SMILES string of the molecule is O=C1C[C@H](C(=O)Nc2ccccc2Cl)c2c(nc(Nc3ccc(Cl)cc3)[nH]c2=O)N1. The number of rotatable bonds is 4. The number of hydrogen-bond acceptors (Lipinski definition) is 5. The fourth-order valence-corrected chi connectivity index (χ4v) is 3.42. The molecule has 8 nitrogen and oxygen atoms in total. The van der Waals surface area contributed by atoms with Crippen LogP contribution in [0.2, 0.25) is 10.0 Å². The van der Waals surface area contributed by atoms with Crippen LogP contribution in [0.3, 0.4) is 0 Å². The first-order chi connectivity index (χ1) is 14.4. The standard InChI is InChI=1S/C20H15Cl2N5O3/c21-10-5-7-11(8-6-10)23-20-26-17-16(19(30)27-20)12(9-15(28)25-17)18(29)24-14-4-2-1-3-13(14)22/h1-8,12H,9H2,(H,24,29)(H3,23,25,26,27,28,30)/t12-/m0/s1. The van der Waals surface area contributed by atoms with E-state index in [9.17, 15) is 14.4 Å². The molecule has 0 aliphatic carbocycles. The molecule has 1 aromatic heterocycles. The summed E-state index contributed by atoms with van der Waals surface area (Å²) in [6.07, 6.45) is -0.183. The van der Waals surface area contributed by atoms with E-state index in [1.165, 1.54) is 0 Å². The zero-order valence-electron chi connectivity index (χ0n) is 15.3. The van der Waals surface area contributed by atoms with Crippen molar-refractivity contribution in [3.63, 3.8) is 0 Å². The van der Waals surface area contributed by atoms with Crippen molar-refractivity contribution < 1.29 is 9.59 Å². The van der Waals surface area contributed by atoms with E-state index >= 15 is 0 Å². The molecule has 1 atom stereocenters. The van der Waals surface area contributed by atoms with Gasteiger partial charge in [-0.1, -0.05) is 35.3 Å². The van der Waals surface area contributed by atoms with Gasteiger partial charge in [0.15, 0.2) is 0 Å². The smallest absolute Gasteiger partial charge is 0.258 e. The minimum atomic E-state index is -1.01. The van der Waals surface area contributed by atoms with Crippen LogP contribution in [0.4, 0.5) is 23.1 Å². The van der Waals surface area contributed by atoms with Crippen molar-refractivity contribution in [3.8, 4) is 0 Å². The molecule has 1 aliphatic rings. The van der Waals surface area contributed by atoms with E-state index in [1.54, 1.807) is 48.5 Å². The normalized spacial score (nSPS) is 15.1. The van der Waals surface area contributed by atoms with Crippen LogP contribution in [0.15, 0.2) is 53.3 Å². The van der Waals surface area contributed by atoms with Gasteiger partial charge in [-0.15, -0.1) is 0 Å². The lowest BCUT2D eigenvalue weighted by Crippen LogP contribution is -2.36. The lowest BCUT2D eigenvalue weighted by atomic mass is 9.92. The number of benzene rings is 2.